The van der Waals surface area contributed by atoms with Crippen molar-refractivity contribution in [2.45, 2.75) is 25.8 Å². The van der Waals surface area contributed by atoms with E-state index in [0.29, 0.717) is 42.3 Å². The van der Waals surface area contributed by atoms with Gasteiger partial charge in [-0.05, 0) is 63.2 Å². The van der Waals surface area contributed by atoms with E-state index in [2.05, 4.69) is 21.7 Å². The molecule has 1 amide bonds. The third-order valence-electron chi connectivity index (χ3n) is 4.98. The molecule has 0 aliphatic heterocycles. The number of rotatable bonds is 11. The predicted octanol–water partition coefficient (Wildman–Crippen LogP) is 2.73. The van der Waals surface area contributed by atoms with Crippen LogP contribution in [0.15, 0.2) is 59.4 Å². The van der Waals surface area contributed by atoms with Gasteiger partial charge in [-0.1, -0.05) is 12.1 Å². The van der Waals surface area contributed by atoms with Gasteiger partial charge >= 0.3 is 0 Å². The second-order valence-corrected chi connectivity index (χ2v) is 8.26. The zero-order valence-corrected chi connectivity index (χ0v) is 18.8. The van der Waals surface area contributed by atoms with Gasteiger partial charge in [0.05, 0.1) is 12.2 Å². The van der Waals surface area contributed by atoms with Crippen LogP contribution in [0.3, 0.4) is 0 Å². The lowest BCUT2D eigenvalue weighted by Gasteiger charge is -2.26. The molecule has 0 fully saturated rings. The summed E-state index contributed by atoms with van der Waals surface area (Å²) in [5, 5.41) is 16.2. The number of para-hydroxylation sites is 1. The summed E-state index contributed by atoms with van der Waals surface area (Å²) in [5.74, 6) is 0.925. The van der Waals surface area contributed by atoms with Gasteiger partial charge in [0.15, 0.2) is 6.61 Å². The third-order valence-corrected chi connectivity index (χ3v) is 4.98. The van der Waals surface area contributed by atoms with Crippen molar-refractivity contribution in [3.8, 4) is 17.6 Å². The number of hydrogen-bond donors (Lipinski definition) is 3. The molecule has 3 rings (SSSR count). The van der Waals surface area contributed by atoms with Gasteiger partial charge < -0.3 is 25.1 Å². The highest BCUT2D eigenvalue weighted by molar-refractivity contribution is 5.80. The van der Waals surface area contributed by atoms with E-state index in [1.165, 1.54) is 6.07 Å². The Bertz CT molecular complexity index is 1200. The first-order chi connectivity index (χ1) is 15.9. The van der Waals surface area contributed by atoms with Gasteiger partial charge in [-0.2, -0.15) is 5.26 Å². The number of carbonyl (C=O) groups is 1. The van der Waals surface area contributed by atoms with Crippen molar-refractivity contribution < 1.29 is 14.3 Å². The molecule has 0 atom stereocenters. The average molecular weight is 449 g/mol. The van der Waals surface area contributed by atoms with Gasteiger partial charge in [0.1, 0.15) is 17.6 Å². The maximum atomic E-state index is 12.2. The minimum atomic E-state index is -0.310. The number of benzene rings is 2. The number of nitrogens with one attached hydrogen (secondary N) is 3. The zero-order chi connectivity index (χ0) is 23.7. The summed E-state index contributed by atoms with van der Waals surface area (Å²) < 4.78 is 11.3. The molecule has 172 valence electrons. The molecule has 8 heteroatoms. The van der Waals surface area contributed by atoms with Crippen molar-refractivity contribution in [1.29, 1.82) is 5.26 Å². The minimum Gasteiger partial charge on any atom is -0.492 e. The van der Waals surface area contributed by atoms with Crippen LogP contribution in [0.4, 0.5) is 0 Å². The van der Waals surface area contributed by atoms with E-state index in [-0.39, 0.29) is 23.6 Å². The van der Waals surface area contributed by atoms with E-state index in [0.717, 1.165) is 11.8 Å². The Labute approximate surface area is 192 Å². The van der Waals surface area contributed by atoms with Crippen LogP contribution in [-0.2, 0) is 4.79 Å². The molecule has 0 aliphatic carbocycles. The van der Waals surface area contributed by atoms with Gasteiger partial charge in [-0.25, -0.2) is 0 Å². The number of H-pyrrole nitrogens is 1. The first-order valence-electron chi connectivity index (χ1n) is 10.8. The number of carbonyl (C=O) groups excluding carboxylic acids is 1. The van der Waals surface area contributed by atoms with E-state index < -0.39 is 0 Å². The lowest BCUT2D eigenvalue weighted by atomic mass is 10.1. The molecular formula is C25H28N4O4. The zero-order valence-electron chi connectivity index (χ0n) is 18.8. The number of ether oxygens (including phenoxy) is 2. The van der Waals surface area contributed by atoms with Crippen LogP contribution >= 0.6 is 0 Å². The summed E-state index contributed by atoms with van der Waals surface area (Å²) in [4.78, 5) is 26.3. The van der Waals surface area contributed by atoms with E-state index >= 15 is 0 Å². The van der Waals surface area contributed by atoms with Crippen molar-refractivity contribution in [2.75, 3.05) is 26.3 Å². The van der Waals surface area contributed by atoms with Gasteiger partial charge in [-0.3, -0.25) is 9.59 Å². The molecule has 0 unspecified atom stereocenters. The first kappa shape index (κ1) is 23.8. The largest absolute Gasteiger partial charge is 0.492 e. The Kier molecular flexibility index (Phi) is 8.06. The van der Waals surface area contributed by atoms with Gasteiger partial charge in [-0.15, -0.1) is 0 Å². The summed E-state index contributed by atoms with van der Waals surface area (Å²) in [6.07, 6.45) is 0.757. The van der Waals surface area contributed by atoms with Crippen LogP contribution in [0.1, 0.15) is 25.8 Å². The monoisotopic (exact) mass is 448 g/mol. The van der Waals surface area contributed by atoms with Crippen molar-refractivity contribution in [1.82, 2.24) is 15.6 Å². The molecule has 1 heterocycles. The first-order valence-corrected chi connectivity index (χ1v) is 10.8. The molecule has 8 nitrogen and oxygen atoms in total. The van der Waals surface area contributed by atoms with Crippen molar-refractivity contribution in [2.24, 2.45) is 0 Å². The number of aromatic amines is 1. The van der Waals surface area contributed by atoms with Gasteiger partial charge in [0.25, 0.3) is 5.91 Å². The molecule has 0 spiro atoms. The van der Waals surface area contributed by atoms with Crippen LogP contribution in [0.2, 0.25) is 0 Å². The molecule has 3 N–H and O–H groups in total. The molecule has 0 bridgehead atoms. The quantitative estimate of drug-likeness (QED) is 0.389. The lowest BCUT2D eigenvalue weighted by Crippen LogP contribution is -2.50. The average Bonchev–Trinajstić information content (AvgIpc) is 2.81. The summed E-state index contributed by atoms with van der Waals surface area (Å²) in [7, 11) is 0. The van der Waals surface area contributed by atoms with E-state index in [1.54, 1.807) is 42.5 Å². The number of nitrogens with zero attached hydrogens (tertiary/aromatic N) is 1. The number of pyridine rings is 1. The maximum Gasteiger partial charge on any atom is 0.258 e. The van der Waals surface area contributed by atoms with Crippen molar-refractivity contribution >= 4 is 16.8 Å². The predicted molar refractivity (Wildman–Crippen MR) is 126 cm³/mol. The molecule has 33 heavy (non-hydrogen) atoms. The topological polar surface area (TPSA) is 116 Å². The highest BCUT2D eigenvalue weighted by Gasteiger charge is 2.18. The SMILES string of the molecule is CC(C)(CNC(=O)COc1ccc2[nH]c(=O)ccc2c1)NCCCOc1ccccc1C#N. The van der Waals surface area contributed by atoms with Crippen LogP contribution in [0, 0.1) is 11.3 Å². The number of hydrogen-bond acceptors (Lipinski definition) is 6. The van der Waals surface area contributed by atoms with Crippen molar-refractivity contribution in [3.05, 3.63) is 70.5 Å². The molecule has 0 saturated heterocycles. The number of aromatic nitrogens is 1. The highest BCUT2D eigenvalue weighted by Crippen LogP contribution is 2.18. The fourth-order valence-corrected chi connectivity index (χ4v) is 3.17. The van der Waals surface area contributed by atoms with E-state index in [1.807, 2.05) is 19.9 Å². The molecule has 1 aromatic heterocycles. The minimum absolute atomic E-state index is 0.100. The molecular weight excluding hydrogens is 420 g/mol. The second kappa shape index (κ2) is 11.2. The van der Waals surface area contributed by atoms with E-state index in [9.17, 15) is 9.59 Å². The standard InChI is InChI=1S/C25H28N4O4/c1-25(2,28-12-5-13-32-22-7-4-3-6-19(22)15-26)17-27-24(31)16-33-20-9-10-21-18(14-20)8-11-23(30)29-21/h3-4,6-11,14,28H,5,12-13,16-17H2,1-2H3,(H,27,31)(H,29,30). The number of fused-ring (bicyclic) bond motifs is 1. The Morgan fingerprint density at radius 3 is 2.76 bits per heavy atom. The fourth-order valence-electron chi connectivity index (χ4n) is 3.17. The lowest BCUT2D eigenvalue weighted by molar-refractivity contribution is -0.123. The Balaban J connectivity index is 1.35. The molecule has 2 aromatic carbocycles. The summed E-state index contributed by atoms with van der Waals surface area (Å²) in [5.41, 5.74) is 0.763. The molecule has 0 aliphatic rings. The second-order valence-electron chi connectivity index (χ2n) is 8.26. The van der Waals surface area contributed by atoms with Crippen LogP contribution in [0.5, 0.6) is 11.5 Å². The van der Waals surface area contributed by atoms with E-state index in [4.69, 9.17) is 14.7 Å². The van der Waals surface area contributed by atoms with Crippen LogP contribution in [0.25, 0.3) is 10.9 Å². The number of amides is 1. The maximum absolute atomic E-state index is 12.2. The van der Waals surface area contributed by atoms with Gasteiger partial charge in [0, 0.05) is 29.1 Å². The highest BCUT2D eigenvalue weighted by atomic mass is 16.5. The van der Waals surface area contributed by atoms with Crippen LogP contribution < -0.4 is 25.7 Å². The van der Waals surface area contributed by atoms with Gasteiger partial charge in [0.2, 0.25) is 5.56 Å². The summed E-state index contributed by atoms with van der Waals surface area (Å²) in [6, 6.07) is 17.7. The number of nitriles is 1. The third kappa shape index (κ3) is 7.37. The molecule has 0 saturated carbocycles. The Hall–Kier alpha value is -3.83. The smallest absolute Gasteiger partial charge is 0.258 e. The summed E-state index contributed by atoms with van der Waals surface area (Å²) in [6.45, 7) is 5.53. The fraction of sp³-hybridized carbons (Fsp3) is 0.320. The Morgan fingerprint density at radius 2 is 1.94 bits per heavy atom. The molecule has 3 aromatic rings. The molecule has 0 radical (unpaired) electrons. The normalized spacial score (nSPS) is 11.1. The Morgan fingerprint density at radius 1 is 1.12 bits per heavy atom. The van der Waals surface area contributed by atoms with Crippen LogP contribution in [-0.4, -0.2) is 42.7 Å². The summed E-state index contributed by atoms with van der Waals surface area (Å²) >= 11 is 0. The van der Waals surface area contributed by atoms with Crippen molar-refractivity contribution in [3.63, 3.8) is 0 Å².